The Morgan fingerprint density at radius 3 is 2.27 bits per heavy atom. The lowest BCUT2D eigenvalue weighted by Crippen LogP contribution is -2.56. The molecule has 1 aliphatic rings. The first-order chi connectivity index (χ1) is 21.3. The van der Waals surface area contributed by atoms with Crippen LogP contribution in [-0.2, 0) is 41.7 Å². The van der Waals surface area contributed by atoms with Crippen molar-refractivity contribution in [3.05, 3.63) is 83.9 Å². The van der Waals surface area contributed by atoms with Crippen LogP contribution in [0.4, 0.5) is 0 Å². The van der Waals surface area contributed by atoms with Crippen LogP contribution in [0.1, 0.15) is 49.7 Å². The summed E-state index contributed by atoms with van der Waals surface area (Å²) in [7, 11) is 0. The fourth-order valence-electron chi connectivity index (χ4n) is 5.58. The van der Waals surface area contributed by atoms with Crippen LogP contribution in [0.2, 0.25) is 0 Å². The van der Waals surface area contributed by atoms with Crippen molar-refractivity contribution in [2.45, 2.75) is 63.6 Å². The molecule has 0 spiro atoms. The van der Waals surface area contributed by atoms with Gasteiger partial charge in [-0.1, -0.05) is 105 Å². The minimum atomic E-state index is -1.39. The first-order valence-electron chi connectivity index (χ1n) is 15.0. The monoisotopic (exact) mass is 601 g/mol. The molecule has 44 heavy (non-hydrogen) atoms. The molecule has 232 valence electrons. The highest BCUT2D eigenvalue weighted by Crippen LogP contribution is 2.27. The molecule has 4 rings (SSSR count). The van der Waals surface area contributed by atoms with Crippen molar-refractivity contribution in [3.8, 4) is 0 Å². The zero-order valence-corrected chi connectivity index (χ0v) is 24.6. The molecule has 3 aromatic carbocycles. The number of amides is 3. The Morgan fingerprint density at radius 1 is 0.818 bits per heavy atom. The lowest BCUT2D eigenvalue weighted by atomic mass is 9.84. The quantitative estimate of drug-likeness (QED) is 0.195. The molecule has 0 bridgehead atoms. The van der Waals surface area contributed by atoms with Crippen molar-refractivity contribution in [1.82, 2.24) is 16.0 Å². The summed E-state index contributed by atoms with van der Waals surface area (Å²) >= 11 is 0. The third-order valence-electron chi connectivity index (χ3n) is 7.83. The van der Waals surface area contributed by atoms with Gasteiger partial charge < -0.3 is 25.8 Å². The van der Waals surface area contributed by atoms with Crippen LogP contribution in [-0.4, -0.2) is 59.8 Å². The maximum atomic E-state index is 13.7. The first-order valence-corrected chi connectivity index (χ1v) is 15.0. The Hall–Kier alpha value is -4.57. The van der Waals surface area contributed by atoms with Crippen LogP contribution in [0.3, 0.4) is 0 Å². The van der Waals surface area contributed by atoms with Crippen LogP contribution in [0.15, 0.2) is 72.8 Å². The minimum absolute atomic E-state index is 0.0654. The van der Waals surface area contributed by atoms with Gasteiger partial charge in [0, 0.05) is 0 Å². The van der Waals surface area contributed by atoms with Crippen LogP contribution in [0, 0.1) is 5.92 Å². The highest BCUT2D eigenvalue weighted by Gasteiger charge is 2.32. The number of hydrogen-bond acceptors (Lipinski definition) is 6. The van der Waals surface area contributed by atoms with E-state index in [1.807, 2.05) is 78.1 Å². The standard InChI is InChI=1S/C34H39N3O7/c38-30(19-26-16-9-15-25-14-7-8-17-27(25)26)36-28(18-23-10-3-1-4-11-23)33(42)37-29(32(41)34(43)35-20-31(39)40)22-44-21-24-12-5-2-6-13-24/h2,5-9,12-17,23,28-29H,1,3-4,10-11,18-22H2,(H,35,43)(H,36,38)(H,37,42)(H,39,40)/t28-,29?/m1/s1. The summed E-state index contributed by atoms with van der Waals surface area (Å²) < 4.78 is 5.69. The summed E-state index contributed by atoms with van der Waals surface area (Å²) in [6.45, 7) is -0.935. The average Bonchev–Trinajstić information content (AvgIpc) is 3.03. The molecule has 0 radical (unpaired) electrons. The van der Waals surface area contributed by atoms with E-state index in [9.17, 15) is 24.0 Å². The van der Waals surface area contributed by atoms with Crippen molar-refractivity contribution in [2.24, 2.45) is 5.92 Å². The second-order valence-electron chi connectivity index (χ2n) is 11.2. The molecule has 4 N–H and O–H groups in total. The van der Waals surface area contributed by atoms with Gasteiger partial charge >= 0.3 is 5.97 Å². The number of ether oxygens (including phenoxy) is 1. The first kappa shape index (κ1) is 32.3. The Balaban J connectivity index is 1.48. The molecular formula is C34H39N3O7. The molecule has 0 heterocycles. The molecule has 0 aliphatic heterocycles. The van der Waals surface area contributed by atoms with Gasteiger partial charge in [-0.3, -0.25) is 24.0 Å². The summed E-state index contributed by atoms with van der Waals surface area (Å²) in [4.78, 5) is 63.5. The van der Waals surface area contributed by atoms with Crippen molar-refractivity contribution in [3.63, 3.8) is 0 Å². The summed E-state index contributed by atoms with van der Waals surface area (Å²) in [5.41, 5.74) is 1.66. The van der Waals surface area contributed by atoms with E-state index in [1.54, 1.807) is 0 Å². The molecule has 1 saturated carbocycles. The van der Waals surface area contributed by atoms with Gasteiger partial charge in [-0.05, 0) is 34.2 Å². The smallest absolute Gasteiger partial charge is 0.322 e. The third-order valence-corrected chi connectivity index (χ3v) is 7.83. The van der Waals surface area contributed by atoms with E-state index in [0.717, 1.165) is 54.0 Å². The number of ketones is 1. The van der Waals surface area contributed by atoms with Crippen molar-refractivity contribution in [1.29, 1.82) is 0 Å². The van der Waals surface area contributed by atoms with Gasteiger partial charge in [-0.2, -0.15) is 0 Å². The SMILES string of the molecule is O=C(O)CNC(=O)C(=O)C(COCc1ccccc1)NC(=O)[C@@H](CC1CCCCC1)NC(=O)Cc1cccc2ccccc12. The van der Waals surface area contributed by atoms with E-state index in [1.165, 1.54) is 0 Å². The molecule has 1 aliphatic carbocycles. The molecule has 3 aromatic rings. The van der Waals surface area contributed by atoms with Gasteiger partial charge in [0.15, 0.2) is 0 Å². The van der Waals surface area contributed by atoms with Crippen LogP contribution in [0.25, 0.3) is 10.8 Å². The molecule has 1 fully saturated rings. The Morgan fingerprint density at radius 2 is 1.52 bits per heavy atom. The molecule has 1 unspecified atom stereocenters. The van der Waals surface area contributed by atoms with Crippen molar-refractivity contribution in [2.75, 3.05) is 13.2 Å². The van der Waals surface area contributed by atoms with E-state index < -0.39 is 42.2 Å². The molecule has 3 amide bonds. The molecule has 10 heteroatoms. The number of carbonyl (C=O) groups is 5. The fourth-order valence-corrected chi connectivity index (χ4v) is 5.58. The molecule has 0 saturated heterocycles. The number of benzene rings is 3. The van der Waals surface area contributed by atoms with E-state index in [0.29, 0.717) is 6.42 Å². The minimum Gasteiger partial charge on any atom is -0.480 e. The van der Waals surface area contributed by atoms with Crippen LogP contribution in [0.5, 0.6) is 0 Å². The Labute approximate surface area is 256 Å². The number of nitrogens with one attached hydrogen (secondary N) is 3. The van der Waals surface area contributed by atoms with Gasteiger partial charge in [0.05, 0.1) is 19.6 Å². The zero-order chi connectivity index (χ0) is 31.3. The number of carbonyl (C=O) groups excluding carboxylic acids is 4. The van der Waals surface area contributed by atoms with Gasteiger partial charge in [0.2, 0.25) is 17.6 Å². The second-order valence-corrected chi connectivity index (χ2v) is 11.2. The van der Waals surface area contributed by atoms with Crippen molar-refractivity contribution >= 4 is 40.2 Å². The maximum absolute atomic E-state index is 13.7. The summed E-state index contributed by atoms with van der Waals surface area (Å²) in [6.07, 6.45) is 5.54. The number of rotatable bonds is 15. The average molecular weight is 602 g/mol. The Bertz CT molecular complexity index is 1450. The number of aliphatic carboxylic acids is 1. The highest BCUT2D eigenvalue weighted by molar-refractivity contribution is 6.38. The Kier molecular flexibility index (Phi) is 12.0. The van der Waals surface area contributed by atoms with Gasteiger partial charge in [-0.25, -0.2) is 0 Å². The second kappa shape index (κ2) is 16.3. The van der Waals surface area contributed by atoms with E-state index >= 15 is 0 Å². The lowest BCUT2D eigenvalue weighted by Gasteiger charge is -2.28. The van der Waals surface area contributed by atoms with Crippen LogP contribution >= 0.6 is 0 Å². The van der Waals surface area contributed by atoms with E-state index in [2.05, 4.69) is 10.6 Å². The highest BCUT2D eigenvalue weighted by atomic mass is 16.5. The summed E-state index contributed by atoms with van der Waals surface area (Å²) in [6, 6.07) is 20.4. The number of fused-ring (bicyclic) bond motifs is 1. The number of hydrogen-bond donors (Lipinski definition) is 4. The fraction of sp³-hybridized carbons (Fsp3) is 0.382. The van der Waals surface area contributed by atoms with Crippen molar-refractivity contribution < 1.29 is 33.8 Å². The normalized spacial score (nSPS) is 14.7. The van der Waals surface area contributed by atoms with E-state index in [-0.39, 0.29) is 31.5 Å². The predicted molar refractivity (Wildman–Crippen MR) is 164 cm³/mol. The van der Waals surface area contributed by atoms with Gasteiger partial charge in [0.25, 0.3) is 5.91 Å². The largest absolute Gasteiger partial charge is 0.480 e. The van der Waals surface area contributed by atoms with Gasteiger partial charge in [0.1, 0.15) is 18.6 Å². The number of carboxylic acid groups (broad SMARTS) is 1. The zero-order valence-electron chi connectivity index (χ0n) is 24.6. The molecular weight excluding hydrogens is 562 g/mol. The lowest BCUT2D eigenvalue weighted by molar-refractivity contribution is -0.143. The number of carboxylic acids is 1. The van der Waals surface area contributed by atoms with Crippen LogP contribution < -0.4 is 16.0 Å². The summed E-state index contributed by atoms with van der Waals surface area (Å²) in [5, 5.41) is 18.4. The topological polar surface area (TPSA) is 151 Å². The summed E-state index contributed by atoms with van der Waals surface area (Å²) in [5.74, 6) is -4.21. The van der Waals surface area contributed by atoms with Gasteiger partial charge in [-0.15, -0.1) is 0 Å². The molecule has 0 aromatic heterocycles. The molecule has 10 nitrogen and oxygen atoms in total. The third kappa shape index (κ3) is 9.74. The predicted octanol–water partition coefficient (Wildman–Crippen LogP) is 3.31. The number of Topliss-reactive ketones (excluding diaryl/α,β-unsaturated/α-hetero) is 1. The maximum Gasteiger partial charge on any atom is 0.322 e. The van der Waals surface area contributed by atoms with E-state index in [4.69, 9.17) is 9.84 Å². The molecule has 2 atom stereocenters.